The second kappa shape index (κ2) is 3.81. The first-order chi connectivity index (χ1) is 7.61. The van der Waals surface area contributed by atoms with E-state index < -0.39 is 5.97 Å². The first-order valence-corrected chi connectivity index (χ1v) is 5.01. The van der Waals surface area contributed by atoms with Gasteiger partial charge in [-0.3, -0.25) is 4.79 Å². The molecule has 0 aliphatic rings. The van der Waals surface area contributed by atoms with Crippen molar-refractivity contribution in [2.45, 2.75) is 13.3 Å². The number of fused-ring (bicyclic) bond motifs is 1. The Hall–Kier alpha value is -2.10. The summed E-state index contributed by atoms with van der Waals surface area (Å²) in [7, 11) is 0. The molecule has 0 aliphatic carbocycles. The molecule has 0 unspecified atom stereocenters. The Morgan fingerprint density at radius 2 is 2.06 bits per heavy atom. The van der Waals surface area contributed by atoms with E-state index in [1.807, 2.05) is 0 Å². The van der Waals surface area contributed by atoms with Crippen molar-refractivity contribution in [1.82, 2.24) is 4.98 Å². The van der Waals surface area contributed by atoms with Crippen LogP contribution in [0.1, 0.15) is 34.2 Å². The zero-order valence-corrected chi connectivity index (χ0v) is 8.78. The lowest BCUT2D eigenvalue weighted by Crippen LogP contribution is -1.95. The SMILES string of the molecule is CCC(=O)c1ccc2[nH]c(C(=O)O)cc2c1. The van der Waals surface area contributed by atoms with Crippen LogP contribution in [0.15, 0.2) is 24.3 Å². The Morgan fingerprint density at radius 1 is 1.31 bits per heavy atom. The van der Waals surface area contributed by atoms with Crippen molar-refractivity contribution in [2.24, 2.45) is 0 Å². The summed E-state index contributed by atoms with van der Waals surface area (Å²) >= 11 is 0. The monoisotopic (exact) mass is 217 g/mol. The van der Waals surface area contributed by atoms with E-state index in [9.17, 15) is 9.59 Å². The van der Waals surface area contributed by atoms with Crippen LogP contribution >= 0.6 is 0 Å². The van der Waals surface area contributed by atoms with E-state index in [0.29, 0.717) is 12.0 Å². The summed E-state index contributed by atoms with van der Waals surface area (Å²) in [5, 5.41) is 9.56. The fourth-order valence-electron chi connectivity index (χ4n) is 1.63. The van der Waals surface area contributed by atoms with E-state index in [2.05, 4.69) is 4.98 Å². The molecule has 0 spiro atoms. The predicted molar refractivity (Wildman–Crippen MR) is 59.9 cm³/mol. The number of aromatic carboxylic acids is 1. The molecular weight excluding hydrogens is 206 g/mol. The van der Waals surface area contributed by atoms with E-state index in [-0.39, 0.29) is 11.5 Å². The molecule has 0 radical (unpaired) electrons. The number of carbonyl (C=O) groups is 2. The number of ketones is 1. The Morgan fingerprint density at radius 3 is 2.69 bits per heavy atom. The highest BCUT2D eigenvalue weighted by Gasteiger charge is 2.09. The Kier molecular flexibility index (Phi) is 2.48. The van der Waals surface area contributed by atoms with Gasteiger partial charge in [0, 0.05) is 22.9 Å². The van der Waals surface area contributed by atoms with Crippen molar-refractivity contribution in [3.8, 4) is 0 Å². The number of Topliss-reactive ketones (excluding diaryl/α,β-unsaturated/α-hetero) is 1. The number of aromatic amines is 1. The van der Waals surface area contributed by atoms with Crippen LogP contribution in [-0.4, -0.2) is 21.8 Å². The van der Waals surface area contributed by atoms with Gasteiger partial charge in [-0.05, 0) is 24.3 Å². The van der Waals surface area contributed by atoms with Crippen molar-refractivity contribution in [1.29, 1.82) is 0 Å². The van der Waals surface area contributed by atoms with Crippen LogP contribution in [0.25, 0.3) is 10.9 Å². The van der Waals surface area contributed by atoms with Gasteiger partial charge in [0.15, 0.2) is 5.78 Å². The number of carboxylic acids is 1. The molecule has 4 heteroatoms. The summed E-state index contributed by atoms with van der Waals surface area (Å²) in [6, 6.07) is 6.68. The average Bonchev–Trinajstić information content (AvgIpc) is 2.70. The molecule has 0 bridgehead atoms. The number of benzene rings is 1. The zero-order chi connectivity index (χ0) is 11.7. The molecule has 0 aliphatic heterocycles. The minimum Gasteiger partial charge on any atom is -0.477 e. The number of hydrogen-bond donors (Lipinski definition) is 2. The van der Waals surface area contributed by atoms with Crippen LogP contribution < -0.4 is 0 Å². The largest absolute Gasteiger partial charge is 0.477 e. The molecule has 0 atom stereocenters. The lowest BCUT2D eigenvalue weighted by Gasteiger charge is -1.97. The standard InChI is InChI=1S/C12H11NO3/c1-2-11(14)7-3-4-9-8(5-7)6-10(13-9)12(15)16/h3-6,13H,2H2,1H3,(H,15,16). The van der Waals surface area contributed by atoms with E-state index in [4.69, 9.17) is 5.11 Å². The minimum atomic E-state index is -1.00. The maximum absolute atomic E-state index is 11.5. The fraction of sp³-hybridized carbons (Fsp3) is 0.167. The van der Waals surface area contributed by atoms with E-state index >= 15 is 0 Å². The molecule has 1 aromatic carbocycles. The number of aromatic nitrogens is 1. The summed E-state index contributed by atoms with van der Waals surface area (Å²) < 4.78 is 0. The van der Waals surface area contributed by atoms with Crippen LogP contribution in [0.4, 0.5) is 0 Å². The molecule has 0 saturated heterocycles. The van der Waals surface area contributed by atoms with Gasteiger partial charge in [-0.1, -0.05) is 6.92 Å². The van der Waals surface area contributed by atoms with Crippen molar-refractivity contribution in [3.05, 3.63) is 35.5 Å². The van der Waals surface area contributed by atoms with Gasteiger partial charge in [0.25, 0.3) is 0 Å². The summed E-state index contributed by atoms with van der Waals surface area (Å²) in [6.45, 7) is 1.80. The molecule has 2 N–H and O–H groups in total. The van der Waals surface area contributed by atoms with Gasteiger partial charge in [0.1, 0.15) is 5.69 Å². The van der Waals surface area contributed by atoms with Crippen molar-refractivity contribution in [2.75, 3.05) is 0 Å². The highest BCUT2D eigenvalue weighted by atomic mass is 16.4. The van der Waals surface area contributed by atoms with E-state index in [1.165, 1.54) is 6.07 Å². The smallest absolute Gasteiger partial charge is 0.352 e. The highest BCUT2D eigenvalue weighted by molar-refractivity contribution is 6.01. The summed E-state index contributed by atoms with van der Waals surface area (Å²) in [5.74, 6) is -0.945. The number of hydrogen-bond acceptors (Lipinski definition) is 2. The lowest BCUT2D eigenvalue weighted by atomic mass is 10.1. The first kappa shape index (κ1) is 10.4. The van der Waals surface area contributed by atoms with Gasteiger partial charge >= 0.3 is 5.97 Å². The average molecular weight is 217 g/mol. The van der Waals surface area contributed by atoms with Crippen LogP contribution in [-0.2, 0) is 0 Å². The molecule has 2 aromatic rings. The van der Waals surface area contributed by atoms with Crippen LogP contribution in [0, 0.1) is 0 Å². The predicted octanol–water partition coefficient (Wildman–Crippen LogP) is 2.46. The molecule has 0 amide bonds. The van der Waals surface area contributed by atoms with Crippen molar-refractivity contribution >= 4 is 22.7 Å². The molecular formula is C12H11NO3. The molecule has 16 heavy (non-hydrogen) atoms. The highest BCUT2D eigenvalue weighted by Crippen LogP contribution is 2.18. The lowest BCUT2D eigenvalue weighted by molar-refractivity contribution is 0.0691. The maximum Gasteiger partial charge on any atom is 0.352 e. The molecule has 4 nitrogen and oxygen atoms in total. The van der Waals surface area contributed by atoms with Crippen molar-refractivity contribution in [3.63, 3.8) is 0 Å². The Balaban J connectivity index is 2.53. The summed E-state index contributed by atoms with van der Waals surface area (Å²) in [6.07, 6.45) is 0.446. The second-order valence-electron chi connectivity index (χ2n) is 3.57. The molecule has 0 saturated carbocycles. The van der Waals surface area contributed by atoms with Gasteiger partial charge in [-0.15, -0.1) is 0 Å². The number of rotatable bonds is 3. The van der Waals surface area contributed by atoms with Crippen molar-refractivity contribution < 1.29 is 14.7 Å². The summed E-state index contributed by atoms with van der Waals surface area (Å²) in [4.78, 5) is 25.0. The fourth-order valence-corrected chi connectivity index (χ4v) is 1.63. The van der Waals surface area contributed by atoms with Gasteiger partial charge in [0.05, 0.1) is 0 Å². The quantitative estimate of drug-likeness (QED) is 0.776. The number of nitrogens with one attached hydrogen (secondary N) is 1. The van der Waals surface area contributed by atoms with Gasteiger partial charge in [-0.2, -0.15) is 0 Å². The molecule has 2 rings (SSSR count). The third-order valence-corrected chi connectivity index (χ3v) is 2.49. The topological polar surface area (TPSA) is 70.2 Å². The summed E-state index contributed by atoms with van der Waals surface area (Å²) in [5.41, 5.74) is 1.48. The number of carbonyl (C=O) groups excluding carboxylic acids is 1. The van der Waals surface area contributed by atoms with Crippen LogP contribution in [0.5, 0.6) is 0 Å². The van der Waals surface area contributed by atoms with Gasteiger partial charge < -0.3 is 10.1 Å². The number of H-pyrrole nitrogens is 1. The third kappa shape index (κ3) is 1.69. The molecule has 1 aromatic heterocycles. The first-order valence-electron chi connectivity index (χ1n) is 5.01. The Bertz CT molecular complexity index is 569. The zero-order valence-electron chi connectivity index (χ0n) is 8.78. The van der Waals surface area contributed by atoms with Crippen LogP contribution in [0.3, 0.4) is 0 Å². The molecule has 0 fully saturated rings. The normalized spacial score (nSPS) is 10.6. The Labute approximate surface area is 91.9 Å². The third-order valence-electron chi connectivity index (χ3n) is 2.49. The minimum absolute atomic E-state index is 0.0555. The van der Waals surface area contributed by atoms with E-state index in [1.54, 1.807) is 25.1 Å². The van der Waals surface area contributed by atoms with E-state index in [0.717, 1.165) is 10.9 Å². The second-order valence-corrected chi connectivity index (χ2v) is 3.57. The van der Waals surface area contributed by atoms with Gasteiger partial charge in [0.2, 0.25) is 0 Å². The molecule has 82 valence electrons. The van der Waals surface area contributed by atoms with Gasteiger partial charge in [-0.25, -0.2) is 4.79 Å². The maximum atomic E-state index is 11.5. The van der Waals surface area contributed by atoms with Crippen LogP contribution in [0.2, 0.25) is 0 Å². The molecule has 1 heterocycles. The number of carboxylic acid groups (broad SMARTS) is 1.